The second-order valence-corrected chi connectivity index (χ2v) is 8.74. The number of aryl methyl sites for hydroxylation is 1. The molecule has 9 heteroatoms. The van der Waals surface area contributed by atoms with Gasteiger partial charge < -0.3 is 14.2 Å². The molecule has 0 aliphatic heterocycles. The van der Waals surface area contributed by atoms with Crippen LogP contribution in [-0.2, 0) is 0 Å². The molecule has 7 nitrogen and oxygen atoms in total. The van der Waals surface area contributed by atoms with E-state index in [1.54, 1.807) is 42.6 Å². The highest BCUT2D eigenvalue weighted by atomic mass is 35.5. The van der Waals surface area contributed by atoms with Gasteiger partial charge in [-0.05, 0) is 61.0 Å². The first-order chi connectivity index (χ1) is 16.4. The lowest BCUT2D eigenvalue weighted by Gasteiger charge is -2.15. The van der Waals surface area contributed by atoms with Crippen LogP contribution in [0.3, 0.4) is 0 Å². The standard InChI is InChI=1S/C25H22ClN3O4S/c1-15-5-10-19-22(11-15)34-25(28-19)29(24(30)17-6-8-18(26)9-7-17)27-14-16-12-20(31-2)23(33-4)21(13-16)32-3/h5-14H,1-4H3/b27-14+. The van der Waals surface area contributed by atoms with E-state index in [9.17, 15) is 4.79 Å². The number of ether oxygens (including phenoxy) is 3. The van der Waals surface area contributed by atoms with E-state index < -0.39 is 0 Å². The summed E-state index contributed by atoms with van der Waals surface area (Å²) in [6, 6.07) is 16.1. The summed E-state index contributed by atoms with van der Waals surface area (Å²) < 4.78 is 17.2. The first-order valence-corrected chi connectivity index (χ1v) is 11.4. The lowest BCUT2D eigenvalue weighted by atomic mass is 10.2. The van der Waals surface area contributed by atoms with Gasteiger partial charge in [0.15, 0.2) is 11.5 Å². The zero-order valence-electron chi connectivity index (χ0n) is 19.0. The Morgan fingerprint density at radius 3 is 2.29 bits per heavy atom. The summed E-state index contributed by atoms with van der Waals surface area (Å²) in [5.74, 6) is 1.10. The molecule has 0 atom stereocenters. The largest absolute Gasteiger partial charge is 0.493 e. The average molecular weight is 496 g/mol. The third-order valence-electron chi connectivity index (χ3n) is 5.01. The molecule has 0 aliphatic carbocycles. The number of aromatic nitrogens is 1. The van der Waals surface area contributed by atoms with Gasteiger partial charge in [-0.2, -0.15) is 10.1 Å². The second-order valence-electron chi connectivity index (χ2n) is 7.29. The number of methoxy groups -OCH3 is 3. The van der Waals surface area contributed by atoms with Crippen molar-refractivity contribution < 1.29 is 19.0 Å². The number of halogens is 1. The Morgan fingerprint density at radius 2 is 1.68 bits per heavy atom. The molecule has 1 aromatic heterocycles. The van der Waals surface area contributed by atoms with Gasteiger partial charge in [0.2, 0.25) is 10.9 Å². The summed E-state index contributed by atoms with van der Waals surface area (Å²) in [5, 5.41) is 6.78. The van der Waals surface area contributed by atoms with Gasteiger partial charge in [0, 0.05) is 16.1 Å². The number of hydrazone groups is 1. The smallest absolute Gasteiger partial charge is 0.280 e. The fourth-order valence-electron chi connectivity index (χ4n) is 3.31. The second kappa shape index (κ2) is 10.1. The fourth-order valence-corrected chi connectivity index (χ4v) is 4.46. The fraction of sp³-hybridized carbons (Fsp3) is 0.160. The number of hydrogen-bond acceptors (Lipinski definition) is 7. The van der Waals surface area contributed by atoms with E-state index in [0.29, 0.717) is 38.5 Å². The number of carbonyl (C=O) groups excluding carboxylic acids is 1. The molecule has 0 spiro atoms. The van der Waals surface area contributed by atoms with Crippen molar-refractivity contribution >= 4 is 50.4 Å². The van der Waals surface area contributed by atoms with Crippen molar-refractivity contribution in [3.8, 4) is 17.2 Å². The van der Waals surface area contributed by atoms with E-state index in [0.717, 1.165) is 15.8 Å². The summed E-state index contributed by atoms with van der Waals surface area (Å²) in [5.41, 5.74) is 2.99. The van der Waals surface area contributed by atoms with Crippen LogP contribution in [0.25, 0.3) is 10.2 Å². The average Bonchev–Trinajstić information content (AvgIpc) is 3.26. The van der Waals surface area contributed by atoms with Crippen LogP contribution in [0.2, 0.25) is 5.02 Å². The maximum absolute atomic E-state index is 13.4. The van der Waals surface area contributed by atoms with Crippen LogP contribution in [0.15, 0.2) is 59.7 Å². The van der Waals surface area contributed by atoms with Crippen LogP contribution in [0.5, 0.6) is 17.2 Å². The van der Waals surface area contributed by atoms with Crippen molar-refractivity contribution in [3.63, 3.8) is 0 Å². The Kier molecular flexibility index (Phi) is 7.00. The molecule has 0 bridgehead atoms. The van der Waals surface area contributed by atoms with Crippen molar-refractivity contribution in [2.45, 2.75) is 6.92 Å². The lowest BCUT2D eigenvalue weighted by molar-refractivity contribution is 0.0988. The minimum Gasteiger partial charge on any atom is -0.493 e. The van der Waals surface area contributed by atoms with Crippen molar-refractivity contribution in [2.24, 2.45) is 5.10 Å². The molecule has 0 fully saturated rings. The van der Waals surface area contributed by atoms with Crippen molar-refractivity contribution in [1.82, 2.24) is 4.98 Å². The van der Waals surface area contributed by atoms with E-state index in [-0.39, 0.29) is 5.91 Å². The van der Waals surface area contributed by atoms with Crippen LogP contribution in [-0.4, -0.2) is 38.4 Å². The minimum absolute atomic E-state index is 0.337. The van der Waals surface area contributed by atoms with Gasteiger partial charge in [0.25, 0.3) is 5.91 Å². The number of benzene rings is 3. The van der Waals surface area contributed by atoms with Crippen molar-refractivity contribution in [1.29, 1.82) is 0 Å². The van der Waals surface area contributed by atoms with Crippen molar-refractivity contribution in [2.75, 3.05) is 26.3 Å². The Hall–Kier alpha value is -3.62. The molecule has 0 saturated heterocycles. The van der Waals surface area contributed by atoms with Gasteiger partial charge in [-0.15, -0.1) is 0 Å². The Morgan fingerprint density at radius 1 is 1.00 bits per heavy atom. The van der Waals surface area contributed by atoms with Gasteiger partial charge >= 0.3 is 0 Å². The van der Waals surface area contributed by atoms with Crippen LogP contribution in [0.1, 0.15) is 21.5 Å². The van der Waals surface area contributed by atoms with E-state index in [1.165, 1.54) is 37.7 Å². The van der Waals surface area contributed by atoms with Crippen molar-refractivity contribution in [3.05, 3.63) is 76.3 Å². The highest BCUT2D eigenvalue weighted by Gasteiger charge is 2.21. The molecule has 0 aliphatic rings. The van der Waals surface area contributed by atoms with Gasteiger partial charge in [0.1, 0.15) is 0 Å². The number of thiazole rings is 1. The minimum atomic E-state index is -0.337. The Balaban J connectivity index is 1.78. The van der Waals surface area contributed by atoms with Crippen LogP contribution in [0.4, 0.5) is 5.13 Å². The third-order valence-corrected chi connectivity index (χ3v) is 6.25. The van der Waals surface area contributed by atoms with Crippen LogP contribution in [0, 0.1) is 6.92 Å². The first kappa shape index (κ1) is 23.5. The van der Waals surface area contributed by atoms with E-state index >= 15 is 0 Å². The summed E-state index contributed by atoms with van der Waals surface area (Å²) in [7, 11) is 4.62. The molecule has 0 saturated carbocycles. The quantitative estimate of drug-likeness (QED) is 0.233. The summed E-state index contributed by atoms with van der Waals surface area (Å²) in [4.78, 5) is 18.1. The number of rotatable bonds is 7. The number of carbonyl (C=O) groups is 1. The molecule has 0 radical (unpaired) electrons. The zero-order chi connectivity index (χ0) is 24.2. The van der Waals surface area contributed by atoms with Gasteiger partial charge in [-0.1, -0.05) is 29.0 Å². The summed E-state index contributed by atoms with van der Waals surface area (Å²) in [6.07, 6.45) is 1.55. The topological polar surface area (TPSA) is 73.2 Å². The highest BCUT2D eigenvalue weighted by Crippen LogP contribution is 2.38. The molecule has 174 valence electrons. The SMILES string of the molecule is COc1cc(/C=N/N(C(=O)c2ccc(Cl)cc2)c2nc3ccc(C)cc3s2)cc(OC)c1OC. The lowest BCUT2D eigenvalue weighted by Crippen LogP contribution is -2.25. The maximum atomic E-state index is 13.4. The normalized spacial score (nSPS) is 11.1. The number of anilines is 1. The van der Waals surface area contributed by atoms with Gasteiger partial charge in [-0.25, -0.2) is 4.98 Å². The monoisotopic (exact) mass is 495 g/mol. The Bertz CT molecular complexity index is 1340. The van der Waals surface area contributed by atoms with Gasteiger partial charge in [0.05, 0.1) is 37.8 Å². The van der Waals surface area contributed by atoms with Crippen LogP contribution < -0.4 is 19.2 Å². The molecule has 4 aromatic rings. The third kappa shape index (κ3) is 4.83. The molecular formula is C25H22ClN3O4S. The van der Waals surface area contributed by atoms with Crippen LogP contribution >= 0.6 is 22.9 Å². The predicted molar refractivity (Wildman–Crippen MR) is 136 cm³/mol. The Labute approximate surface area is 206 Å². The number of fused-ring (bicyclic) bond motifs is 1. The molecule has 0 N–H and O–H groups in total. The summed E-state index contributed by atoms with van der Waals surface area (Å²) >= 11 is 7.39. The first-order valence-electron chi connectivity index (χ1n) is 10.2. The highest BCUT2D eigenvalue weighted by molar-refractivity contribution is 7.22. The zero-order valence-corrected chi connectivity index (χ0v) is 20.6. The molecule has 0 unspecified atom stereocenters. The maximum Gasteiger partial charge on any atom is 0.280 e. The predicted octanol–water partition coefficient (Wildman–Crippen LogP) is 5.96. The summed E-state index contributed by atoms with van der Waals surface area (Å²) in [6.45, 7) is 2.01. The molecule has 3 aromatic carbocycles. The van der Waals surface area contributed by atoms with Gasteiger partial charge in [-0.3, -0.25) is 4.79 Å². The number of amides is 1. The van der Waals surface area contributed by atoms with E-state index in [1.807, 2.05) is 25.1 Å². The molecule has 1 amide bonds. The molecule has 4 rings (SSSR count). The van der Waals surface area contributed by atoms with E-state index in [2.05, 4.69) is 10.1 Å². The van der Waals surface area contributed by atoms with E-state index in [4.69, 9.17) is 25.8 Å². The molecule has 1 heterocycles. The number of hydrogen-bond donors (Lipinski definition) is 0. The number of nitrogens with zero attached hydrogens (tertiary/aromatic N) is 3. The molecular weight excluding hydrogens is 474 g/mol. The molecule has 34 heavy (non-hydrogen) atoms.